The molecular weight excluding hydrogens is 1560 g/mol. The smallest absolute Gasteiger partial charge is 0.276 e. The van der Waals surface area contributed by atoms with Crippen molar-refractivity contribution < 1.29 is 58.4 Å². The number of nitrogens with zero attached hydrogens (tertiary/aromatic N) is 11. The molecule has 13 saturated heterocycles. The number of fused-ring (bicyclic) bond motifs is 4. The van der Waals surface area contributed by atoms with E-state index in [2.05, 4.69) is 199 Å². The second-order valence-electron chi connectivity index (χ2n) is 38.5. The number of hydrogen-bond acceptors (Lipinski definition) is 19. The number of methoxy groups -OCH3 is 1. The highest BCUT2D eigenvalue weighted by Crippen LogP contribution is 2.38. The van der Waals surface area contributed by atoms with Gasteiger partial charge in [0.25, 0.3) is 17.8 Å². The van der Waals surface area contributed by atoms with E-state index in [9.17, 15) is 34.8 Å². The summed E-state index contributed by atoms with van der Waals surface area (Å²) in [6, 6.07) is 10.6. The summed E-state index contributed by atoms with van der Waals surface area (Å²) in [5.41, 5.74) is 0. The number of sulfone groups is 1. The van der Waals surface area contributed by atoms with Crippen LogP contribution in [0.5, 0.6) is 0 Å². The molecule has 13 heterocycles. The second-order valence-corrected chi connectivity index (χ2v) is 42.0. The molecule has 714 valence electrons. The Bertz CT molecular complexity index is 2490. The van der Waals surface area contributed by atoms with Gasteiger partial charge < -0.3 is 38.4 Å². The molecule has 0 aromatic rings. The van der Waals surface area contributed by atoms with Gasteiger partial charge in [-0.15, -0.1) is 0 Å². The van der Waals surface area contributed by atoms with Crippen molar-refractivity contribution >= 4 is 21.6 Å². The SMILES string of the molecule is C.C.CC(C)N1C2CCC1COC2.CC(C)N1C2CCCC1CC2.CC(C)N1CCC(F)(F)C(C)C1.CC(C)N1CCC(F)(F)CC1.CC(C)N1CCCCCC1.CC(C)N1CCOCC1.CC(C)N1CCOCC1C.CC(C)N1CCS(=O)(=O)CC1.CC(C)N1CCSCC1.CC1CN(C(C)C)CCO1.COC1CN(C(C)C)CCC1(F)F. The molecule has 0 aromatic heterocycles. The van der Waals surface area contributed by atoms with E-state index in [0.29, 0.717) is 124 Å². The van der Waals surface area contributed by atoms with Gasteiger partial charge in [-0.05, 0) is 231 Å². The first-order valence-corrected chi connectivity index (χ1v) is 49.8. The number of halogens is 6. The zero-order valence-electron chi connectivity index (χ0n) is 79.7. The van der Waals surface area contributed by atoms with E-state index >= 15 is 0 Å². The fourth-order valence-corrected chi connectivity index (χ4v) is 20.1. The minimum absolute atomic E-state index is 0. The fourth-order valence-electron chi connectivity index (χ4n) is 17.9. The van der Waals surface area contributed by atoms with Crippen molar-refractivity contribution in [2.24, 2.45) is 5.92 Å². The van der Waals surface area contributed by atoms with Crippen LogP contribution in [0.15, 0.2) is 0 Å². The van der Waals surface area contributed by atoms with Gasteiger partial charge in [-0.1, -0.05) is 41.0 Å². The molecule has 0 aliphatic carbocycles. The first-order valence-electron chi connectivity index (χ1n) is 46.9. The van der Waals surface area contributed by atoms with Gasteiger partial charge in [0.2, 0.25) is 0 Å². The largest absolute Gasteiger partial charge is 0.379 e. The third-order valence-electron chi connectivity index (χ3n) is 25.9. The number of morpholine rings is 4. The zero-order valence-corrected chi connectivity index (χ0v) is 81.4. The Morgan fingerprint density at radius 1 is 0.361 bits per heavy atom. The van der Waals surface area contributed by atoms with Crippen molar-refractivity contribution in [1.82, 2.24) is 53.9 Å². The van der Waals surface area contributed by atoms with Crippen LogP contribution in [0.4, 0.5) is 26.3 Å². The second kappa shape index (κ2) is 60.2. The number of thioether (sulfide) groups is 1. The Morgan fingerprint density at radius 2 is 0.739 bits per heavy atom. The summed E-state index contributed by atoms with van der Waals surface area (Å²) >= 11 is 2.07. The number of piperidine rings is 4. The van der Waals surface area contributed by atoms with Crippen LogP contribution in [0.3, 0.4) is 0 Å². The fraction of sp³-hybridized carbons (Fsp3) is 1.00. The maximum Gasteiger partial charge on any atom is 0.276 e. The molecule has 0 spiro atoms. The van der Waals surface area contributed by atoms with Gasteiger partial charge in [-0.2, -0.15) is 11.8 Å². The maximum atomic E-state index is 13.2. The molecule has 18 nitrogen and oxygen atoms in total. The minimum atomic E-state index is -2.69. The van der Waals surface area contributed by atoms with Gasteiger partial charge in [0.15, 0.2) is 9.84 Å². The van der Waals surface area contributed by atoms with E-state index in [1.807, 2.05) is 32.6 Å². The summed E-state index contributed by atoms with van der Waals surface area (Å²) in [6.07, 6.45) is 15.3. The molecular formula is C93H191F6N11O7S2. The summed E-state index contributed by atoms with van der Waals surface area (Å²) in [7, 11) is -1.34. The highest BCUT2D eigenvalue weighted by atomic mass is 32.2. The predicted octanol–water partition coefficient (Wildman–Crippen LogP) is 18.0. The monoisotopic (exact) mass is 1750 g/mol. The van der Waals surface area contributed by atoms with Crippen LogP contribution in [0, 0.1) is 5.92 Å². The van der Waals surface area contributed by atoms with E-state index in [4.69, 9.17) is 23.7 Å². The third kappa shape index (κ3) is 45.4. The van der Waals surface area contributed by atoms with Crippen LogP contribution in [-0.4, -0.2) is 377 Å². The summed E-state index contributed by atoms with van der Waals surface area (Å²) < 4.78 is 126. The highest BCUT2D eigenvalue weighted by molar-refractivity contribution is 7.99. The number of alkyl halides is 6. The van der Waals surface area contributed by atoms with E-state index in [0.717, 1.165) is 121 Å². The molecule has 119 heavy (non-hydrogen) atoms. The first kappa shape index (κ1) is 116. The third-order valence-corrected chi connectivity index (χ3v) is 28.5. The summed E-state index contributed by atoms with van der Waals surface area (Å²) in [5, 5.41) is 0. The number of rotatable bonds is 12. The standard InChI is InChI=1S/C10H19N.C9H17F2NO.C9H17F2N.C9H17NO.C9H19N.C8H15F2N.2C8H17NO.C7H15NO2S.C7H15NO.C7H15NS.2CH4/c1-8(2)11-9-4-3-5-10(11)7-6-9;1-7(2)12-5-4-9(10,11)8(6-12)13-3;1-7(2)12-5-4-9(10,11)8(3)6-12;1-7(2)10-8-3-4-9(10)6-11-5-8;1-9(2)10-7-5-3-4-6-8-10;1-7(2)11-5-3-8(9,10)4-6-11;1-7(2)9-4-5-10-6-8(9)3;1-7(2)9-4-5-10-8(3)6-9;1-7(2)8-3-5-11(9,10)6-4-8;2*1-7(2)8-3-5-9-6-4-8;;/h8-10H,3-7H2,1-2H3;7-8H,4-6H2,1-3H3;7-8H,4-6H2,1-3H3;7-9H,3-6H2,1-2H3;9H,3-8H2,1-2H3;7H,3-6H2,1-2H3;2*7-8H,4-6H2,1-3H3;7H,3-6H2,1-2H3;2*7H,3-6H2,1-2H3;2*1H4. The Kier molecular flexibility index (Phi) is 58.8. The molecule has 13 rings (SSSR count). The molecule has 8 atom stereocenters. The minimum Gasteiger partial charge on any atom is -0.379 e. The van der Waals surface area contributed by atoms with Gasteiger partial charge in [0.1, 0.15) is 6.10 Å². The Balaban J connectivity index is 0.000000654. The van der Waals surface area contributed by atoms with Crippen LogP contribution in [-0.2, 0) is 33.5 Å². The summed E-state index contributed by atoms with van der Waals surface area (Å²) in [4.78, 5) is 26.3. The summed E-state index contributed by atoms with van der Waals surface area (Å²) in [5.74, 6) is -4.64. The van der Waals surface area contributed by atoms with Crippen molar-refractivity contribution in [3.63, 3.8) is 0 Å². The highest BCUT2D eigenvalue weighted by Gasteiger charge is 2.46. The topological polar surface area (TPSA) is 116 Å². The summed E-state index contributed by atoms with van der Waals surface area (Å²) in [6.45, 7) is 75.8. The van der Waals surface area contributed by atoms with E-state index in [1.54, 1.807) is 6.92 Å². The lowest BCUT2D eigenvalue weighted by molar-refractivity contribution is -0.163. The van der Waals surface area contributed by atoms with Crippen LogP contribution in [0.25, 0.3) is 0 Å². The molecule has 0 aromatic carbocycles. The lowest BCUT2D eigenvalue weighted by atomic mass is 9.95. The lowest BCUT2D eigenvalue weighted by Crippen LogP contribution is -2.53. The molecule has 4 bridgehead atoms. The van der Waals surface area contributed by atoms with Crippen molar-refractivity contribution in [3.05, 3.63) is 0 Å². The molecule has 0 saturated carbocycles. The van der Waals surface area contributed by atoms with Gasteiger partial charge in [-0.3, -0.25) is 39.2 Å². The van der Waals surface area contributed by atoms with Crippen LogP contribution in [0.2, 0.25) is 0 Å². The number of ether oxygens (including phenoxy) is 5. The molecule has 13 aliphatic heterocycles. The number of likely N-dealkylation sites (tertiary alicyclic amines) is 4. The van der Waals surface area contributed by atoms with Crippen molar-refractivity contribution in [1.29, 1.82) is 0 Å². The quantitative estimate of drug-likeness (QED) is 0.172. The van der Waals surface area contributed by atoms with E-state index in [1.165, 1.54) is 115 Å². The average Bonchev–Trinajstić information content (AvgIpc) is 1.74. The lowest BCUT2D eigenvalue weighted by Gasteiger charge is -2.39. The Morgan fingerprint density at radius 3 is 1.11 bits per heavy atom. The number of hydrogen-bond donors (Lipinski definition) is 0. The maximum absolute atomic E-state index is 13.2. The molecule has 0 amide bonds. The molecule has 13 fully saturated rings. The van der Waals surface area contributed by atoms with Crippen LogP contribution in [0.1, 0.15) is 284 Å². The molecule has 0 radical (unpaired) electrons. The van der Waals surface area contributed by atoms with Crippen molar-refractivity contribution in [2.45, 2.75) is 411 Å². The van der Waals surface area contributed by atoms with Crippen molar-refractivity contribution in [2.75, 3.05) is 188 Å². The average molecular weight is 1750 g/mol. The zero-order chi connectivity index (χ0) is 88.0. The van der Waals surface area contributed by atoms with Crippen LogP contribution >= 0.6 is 11.8 Å². The van der Waals surface area contributed by atoms with Gasteiger partial charge in [-0.25, -0.2) is 34.8 Å². The van der Waals surface area contributed by atoms with Gasteiger partial charge >= 0.3 is 0 Å². The molecule has 0 N–H and O–H groups in total. The Labute approximate surface area is 734 Å². The van der Waals surface area contributed by atoms with Crippen molar-refractivity contribution in [3.8, 4) is 0 Å². The molecule has 8 unspecified atom stereocenters. The van der Waals surface area contributed by atoms with Crippen LogP contribution < -0.4 is 0 Å². The Hall–Kier alpha value is -0.760. The first-order chi connectivity index (χ1) is 54.8. The van der Waals surface area contributed by atoms with E-state index in [-0.39, 0.29) is 40.5 Å². The predicted molar refractivity (Wildman–Crippen MR) is 495 cm³/mol. The normalized spacial score (nSPS) is 28.6. The van der Waals surface area contributed by atoms with E-state index < -0.39 is 39.6 Å². The molecule has 13 aliphatic rings. The van der Waals surface area contributed by atoms with Gasteiger partial charge in [0.05, 0.1) is 63.9 Å². The van der Waals surface area contributed by atoms with Gasteiger partial charge in [0, 0.05) is 245 Å². The molecule has 26 heteroatoms.